The summed E-state index contributed by atoms with van der Waals surface area (Å²) >= 11 is 2.29. The van der Waals surface area contributed by atoms with Gasteiger partial charge in [0, 0.05) is 36.3 Å². The first-order valence-corrected chi connectivity index (χ1v) is 13.3. The summed E-state index contributed by atoms with van der Waals surface area (Å²) in [5.41, 5.74) is 11.2. The molecule has 1 aromatic heterocycles. The van der Waals surface area contributed by atoms with E-state index in [1.165, 1.54) is 17.1 Å². The lowest BCUT2D eigenvalue weighted by Gasteiger charge is -2.49. The minimum Gasteiger partial charge on any atom is -0.477 e. The van der Waals surface area contributed by atoms with Gasteiger partial charge < -0.3 is 36.9 Å². The predicted octanol–water partition coefficient (Wildman–Crippen LogP) is -1.62. The van der Waals surface area contributed by atoms with Crippen LogP contribution >= 0.6 is 23.1 Å². The molecule has 3 saturated heterocycles. The van der Waals surface area contributed by atoms with Gasteiger partial charge in [0.2, 0.25) is 5.91 Å². The lowest BCUT2D eigenvalue weighted by molar-refractivity contribution is -0.150. The number of guanidine groups is 1. The molecule has 0 bridgehead atoms. The van der Waals surface area contributed by atoms with Gasteiger partial charge in [0.25, 0.3) is 11.8 Å². The molecule has 8 N–H and O–H groups in total. The maximum Gasteiger partial charge on any atom is 0.352 e. The lowest BCUT2D eigenvalue weighted by atomic mass is 10.0. The molecule has 0 saturated carbocycles. The first kappa shape index (κ1) is 25.5. The Morgan fingerprint density at radius 3 is 2.66 bits per heavy atom. The smallest absolute Gasteiger partial charge is 0.352 e. The molecule has 2 atom stereocenters. The number of nitrogens with zero attached hydrogens (tertiary/aromatic N) is 5. The highest BCUT2D eigenvalue weighted by atomic mass is 32.2. The number of aliphatic carboxylic acids is 1. The van der Waals surface area contributed by atoms with Crippen LogP contribution in [0.15, 0.2) is 33.5 Å². The number of nitrogen functional groups attached to an aromatic ring is 1. The van der Waals surface area contributed by atoms with Gasteiger partial charge in [0.1, 0.15) is 22.8 Å². The molecule has 0 radical (unpaired) electrons. The summed E-state index contributed by atoms with van der Waals surface area (Å²) < 4.78 is 0. The van der Waals surface area contributed by atoms with Gasteiger partial charge in [-0.3, -0.25) is 24.7 Å². The van der Waals surface area contributed by atoms with Crippen molar-refractivity contribution in [1.29, 1.82) is 5.41 Å². The highest BCUT2D eigenvalue weighted by molar-refractivity contribution is 8.00. The molecular weight excluding hydrogens is 538 g/mol. The number of nitrogens with two attached hydrogens (primary N) is 2. The van der Waals surface area contributed by atoms with Crippen molar-refractivity contribution < 1.29 is 29.5 Å². The molecule has 0 aromatic carbocycles. The topological polar surface area (TPSA) is 232 Å². The van der Waals surface area contributed by atoms with Crippen molar-refractivity contribution in [1.82, 2.24) is 25.0 Å². The third kappa shape index (κ3) is 4.22. The van der Waals surface area contributed by atoms with Crippen molar-refractivity contribution in [2.45, 2.75) is 23.9 Å². The fourth-order valence-electron chi connectivity index (χ4n) is 4.75. The van der Waals surface area contributed by atoms with E-state index >= 15 is 0 Å². The Bertz CT molecular complexity index is 1350. The van der Waals surface area contributed by atoms with Gasteiger partial charge in [-0.25, -0.2) is 9.78 Å². The summed E-state index contributed by atoms with van der Waals surface area (Å²) in [5, 5.41) is 33.0. The Kier molecular flexibility index (Phi) is 6.47. The van der Waals surface area contributed by atoms with Gasteiger partial charge in [0.15, 0.2) is 16.8 Å². The van der Waals surface area contributed by atoms with E-state index in [-0.39, 0.29) is 40.2 Å². The highest BCUT2D eigenvalue weighted by Crippen LogP contribution is 2.41. The van der Waals surface area contributed by atoms with Crippen LogP contribution in [0.3, 0.4) is 0 Å². The zero-order valence-corrected chi connectivity index (χ0v) is 21.3. The van der Waals surface area contributed by atoms with Gasteiger partial charge in [-0.15, -0.1) is 23.1 Å². The van der Waals surface area contributed by atoms with E-state index in [9.17, 15) is 29.5 Å². The third-order valence-electron chi connectivity index (χ3n) is 6.72. The van der Waals surface area contributed by atoms with Crippen LogP contribution in [-0.4, -0.2) is 108 Å². The number of carbonyl (C=O) groups is 4. The number of allylic oxidation sites excluding steroid dienone is 1. The van der Waals surface area contributed by atoms with E-state index < -0.39 is 34.9 Å². The predicted molar refractivity (Wildman–Crippen MR) is 136 cm³/mol. The van der Waals surface area contributed by atoms with E-state index in [1.807, 2.05) is 0 Å². The maximum atomic E-state index is 13.0. The van der Waals surface area contributed by atoms with Crippen LogP contribution in [0.5, 0.6) is 0 Å². The van der Waals surface area contributed by atoms with Crippen LogP contribution in [0.4, 0.5) is 5.13 Å². The number of β-lactam (4-membered cyclic amide) rings is 1. The fraction of sp³-hybridized carbons (Fsp3) is 0.381. The monoisotopic (exact) mass is 561 g/mol. The number of nitrogens with one attached hydrogen (secondary N) is 2. The van der Waals surface area contributed by atoms with E-state index in [0.29, 0.717) is 37.2 Å². The number of carboxylic acids is 1. The van der Waals surface area contributed by atoms with Gasteiger partial charge in [0.05, 0.1) is 6.04 Å². The number of oxime groups is 1. The lowest BCUT2D eigenvalue weighted by Crippen LogP contribution is -2.71. The molecule has 5 rings (SSSR count). The maximum absolute atomic E-state index is 13.0. The van der Waals surface area contributed by atoms with Crippen LogP contribution in [0.1, 0.15) is 12.1 Å². The molecular formula is C21H23N9O6S2. The molecule has 17 heteroatoms. The van der Waals surface area contributed by atoms with Crippen molar-refractivity contribution in [3.05, 3.63) is 34.0 Å². The standard InChI is InChI=1S/C21H23N9O6S2/c22-20(23)28-4-10(5-28)29-2-1-8(16(29)32)3-9-6-37-18-13(17(33)30(18)14(9)19(34)35)26-15(31)12(27-36)11-7-38-21(24)25-11/h3,7,10,13,18,36H,1-2,4-6H2,(H3,22,23)(H2,24,25)(H,26,31)(H,34,35)/b8-3+,27-12-/t13-,18-/m1/s1. The van der Waals surface area contributed by atoms with Crippen LogP contribution in [0.2, 0.25) is 0 Å². The molecule has 38 heavy (non-hydrogen) atoms. The van der Waals surface area contributed by atoms with Gasteiger partial charge in [-0.05, 0) is 18.1 Å². The number of amides is 3. The Morgan fingerprint density at radius 1 is 1.32 bits per heavy atom. The van der Waals surface area contributed by atoms with E-state index in [2.05, 4.69) is 15.5 Å². The Balaban J connectivity index is 1.30. The van der Waals surface area contributed by atoms with Crippen LogP contribution in [0.25, 0.3) is 0 Å². The summed E-state index contributed by atoms with van der Waals surface area (Å²) in [6.07, 6.45) is 1.97. The number of rotatable bonds is 6. The summed E-state index contributed by atoms with van der Waals surface area (Å²) in [6.45, 7) is 1.43. The number of likely N-dealkylation sites (tertiary alicyclic amines) is 2. The van der Waals surface area contributed by atoms with Gasteiger partial charge in [-0.2, -0.15) is 0 Å². The Hall–Kier alpha value is -4.12. The molecule has 15 nitrogen and oxygen atoms in total. The van der Waals surface area contributed by atoms with E-state index in [4.69, 9.17) is 16.9 Å². The number of hydrogen-bond donors (Lipinski definition) is 6. The largest absolute Gasteiger partial charge is 0.477 e. The number of anilines is 1. The molecule has 0 unspecified atom stereocenters. The molecule has 3 fully saturated rings. The van der Waals surface area contributed by atoms with Crippen LogP contribution < -0.4 is 16.8 Å². The van der Waals surface area contributed by atoms with Crippen molar-refractivity contribution in [2.75, 3.05) is 31.1 Å². The zero-order valence-electron chi connectivity index (χ0n) is 19.7. The van der Waals surface area contributed by atoms with Gasteiger partial charge in [-0.1, -0.05) is 5.16 Å². The third-order valence-corrected chi connectivity index (χ3v) is 8.69. The van der Waals surface area contributed by atoms with Crippen molar-refractivity contribution in [2.24, 2.45) is 10.9 Å². The summed E-state index contributed by atoms with van der Waals surface area (Å²) in [4.78, 5) is 59.1. The number of thiazole rings is 1. The number of carboxylic acid groups (broad SMARTS) is 1. The minimum absolute atomic E-state index is 0.0404. The second kappa shape index (κ2) is 9.64. The number of fused-ring (bicyclic) bond motifs is 1. The number of hydrogen-bond acceptors (Lipinski definition) is 11. The average Bonchev–Trinajstić information content (AvgIpc) is 3.42. The molecule has 1 aromatic rings. The Labute approximate surface area is 223 Å². The fourth-order valence-corrected chi connectivity index (χ4v) is 6.60. The Morgan fingerprint density at radius 2 is 2.05 bits per heavy atom. The SMILES string of the molecule is N=C(N)N1CC(N2CC/C(=C\C3=C(C(=O)O)N4C(=O)[C@@H](NC(=O)/C(=N\O)c5csc(N)n5)[C@H]4SC3)C2=O)C1. The molecule has 0 aliphatic carbocycles. The second-order valence-corrected chi connectivity index (χ2v) is 10.9. The number of thioether (sulfide) groups is 1. The summed E-state index contributed by atoms with van der Waals surface area (Å²) in [5.74, 6) is -2.88. The van der Waals surface area contributed by atoms with E-state index in [0.717, 1.165) is 16.2 Å². The molecule has 4 aliphatic rings. The van der Waals surface area contributed by atoms with Crippen molar-refractivity contribution >= 4 is 63.6 Å². The van der Waals surface area contributed by atoms with Gasteiger partial charge >= 0.3 is 5.97 Å². The van der Waals surface area contributed by atoms with Crippen LogP contribution in [0, 0.1) is 5.41 Å². The molecule has 0 spiro atoms. The minimum atomic E-state index is -1.32. The average molecular weight is 562 g/mol. The number of carbonyl (C=O) groups excluding carboxylic acids is 3. The zero-order chi connectivity index (χ0) is 27.3. The van der Waals surface area contributed by atoms with Crippen molar-refractivity contribution in [3.63, 3.8) is 0 Å². The number of aromatic nitrogens is 1. The highest BCUT2D eigenvalue weighted by Gasteiger charge is 2.54. The molecule has 200 valence electrons. The van der Waals surface area contributed by atoms with E-state index in [1.54, 1.807) is 15.9 Å². The molecule has 3 amide bonds. The molecule has 5 heterocycles. The second-order valence-electron chi connectivity index (χ2n) is 8.92. The molecule has 4 aliphatic heterocycles. The van der Waals surface area contributed by atoms with Crippen molar-refractivity contribution in [3.8, 4) is 0 Å². The quantitative estimate of drug-likeness (QED) is 0.0577. The summed E-state index contributed by atoms with van der Waals surface area (Å²) in [6, 6.07) is -1.11. The summed E-state index contributed by atoms with van der Waals surface area (Å²) in [7, 11) is 0. The first-order valence-electron chi connectivity index (χ1n) is 11.4. The normalized spacial score (nSPS) is 24.9. The first-order chi connectivity index (χ1) is 18.1. The van der Waals surface area contributed by atoms with Crippen LogP contribution in [-0.2, 0) is 19.2 Å².